The fraction of sp³-hybridized carbons (Fsp3) is 0.364. The van der Waals surface area contributed by atoms with Crippen molar-refractivity contribution < 1.29 is 4.42 Å². The van der Waals surface area contributed by atoms with Gasteiger partial charge in [-0.3, -0.25) is 0 Å². The van der Waals surface area contributed by atoms with E-state index in [0.29, 0.717) is 17.7 Å². The van der Waals surface area contributed by atoms with E-state index in [-0.39, 0.29) is 0 Å². The van der Waals surface area contributed by atoms with Gasteiger partial charge in [0.2, 0.25) is 0 Å². The van der Waals surface area contributed by atoms with Crippen molar-refractivity contribution in [2.24, 2.45) is 11.8 Å². The number of rotatable bonds is 3. The molecule has 2 rings (SSSR count). The summed E-state index contributed by atoms with van der Waals surface area (Å²) in [4.78, 5) is 3.90. The number of hydrogen-bond donors (Lipinski definition) is 0. The van der Waals surface area contributed by atoms with Gasteiger partial charge < -0.3 is 4.42 Å². The van der Waals surface area contributed by atoms with Crippen LogP contribution < -0.4 is 0 Å². The molecule has 0 bridgehead atoms. The van der Waals surface area contributed by atoms with E-state index in [1.165, 1.54) is 6.39 Å². The van der Waals surface area contributed by atoms with Gasteiger partial charge in [0.15, 0.2) is 6.39 Å². The monoisotopic (exact) mass is 209 g/mol. The molecule has 1 aliphatic rings. The minimum Gasteiger partial charge on any atom is -0.449 e. The predicted octanol–water partition coefficient (Wildman–Crippen LogP) is 2.81. The van der Waals surface area contributed by atoms with Gasteiger partial charge in [-0.1, -0.05) is 24.3 Å². The standard InChI is InChI=1S/C11H12ClNO/c12-6-10-4-2-1-3-9(10)5-11-7-13-8-14-11/h1-4,7-10H,5-6H2. The van der Waals surface area contributed by atoms with Crippen molar-refractivity contribution in [3.8, 4) is 0 Å². The number of hydrogen-bond acceptors (Lipinski definition) is 2. The molecule has 0 spiro atoms. The maximum absolute atomic E-state index is 5.88. The molecule has 1 heterocycles. The van der Waals surface area contributed by atoms with Crippen molar-refractivity contribution in [1.29, 1.82) is 0 Å². The van der Waals surface area contributed by atoms with Crippen LogP contribution in [0.1, 0.15) is 5.76 Å². The van der Waals surface area contributed by atoms with Gasteiger partial charge in [0.25, 0.3) is 0 Å². The Bertz CT molecular complexity index is 329. The van der Waals surface area contributed by atoms with Crippen LogP contribution in [0.4, 0.5) is 0 Å². The van der Waals surface area contributed by atoms with Crippen LogP contribution in [0.5, 0.6) is 0 Å². The molecule has 0 aliphatic heterocycles. The second kappa shape index (κ2) is 4.47. The summed E-state index contributed by atoms with van der Waals surface area (Å²) in [5, 5.41) is 0. The smallest absolute Gasteiger partial charge is 0.180 e. The molecule has 3 heteroatoms. The summed E-state index contributed by atoms with van der Waals surface area (Å²) in [6, 6.07) is 0. The molecule has 14 heavy (non-hydrogen) atoms. The zero-order valence-electron chi connectivity index (χ0n) is 7.77. The molecular weight excluding hydrogens is 198 g/mol. The third-order valence-electron chi connectivity index (χ3n) is 2.48. The second-order valence-corrected chi connectivity index (χ2v) is 3.73. The van der Waals surface area contributed by atoms with E-state index < -0.39 is 0 Å². The summed E-state index contributed by atoms with van der Waals surface area (Å²) in [6.07, 6.45) is 12.5. The number of oxazole rings is 1. The minimum absolute atomic E-state index is 0.409. The molecule has 0 N–H and O–H groups in total. The molecule has 1 aromatic heterocycles. The molecule has 0 amide bonds. The molecule has 0 saturated heterocycles. The molecule has 1 aromatic rings. The summed E-state index contributed by atoms with van der Waals surface area (Å²) in [5.41, 5.74) is 0. The van der Waals surface area contributed by atoms with Crippen molar-refractivity contribution >= 4 is 11.6 Å². The van der Waals surface area contributed by atoms with Crippen LogP contribution in [0.25, 0.3) is 0 Å². The molecule has 2 nitrogen and oxygen atoms in total. The lowest BCUT2D eigenvalue weighted by Gasteiger charge is -2.20. The lowest BCUT2D eigenvalue weighted by atomic mass is 9.87. The van der Waals surface area contributed by atoms with Crippen LogP contribution >= 0.6 is 11.6 Å². The summed E-state index contributed by atoms with van der Waals surface area (Å²) in [6.45, 7) is 0. The first-order valence-electron chi connectivity index (χ1n) is 4.68. The predicted molar refractivity (Wildman–Crippen MR) is 56.2 cm³/mol. The highest BCUT2D eigenvalue weighted by molar-refractivity contribution is 6.18. The lowest BCUT2D eigenvalue weighted by Crippen LogP contribution is -2.16. The van der Waals surface area contributed by atoms with Crippen LogP contribution in [0.3, 0.4) is 0 Å². The van der Waals surface area contributed by atoms with E-state index in [9.17, 15) is 0 Å². The highest BCUT2D eigenvalue weighted by Crippen LogP contribution is 2.24. The zero-order chi connectivity index (χ0) is 9.80. The molecule has 0 radical (unpaired) electrons. The molecule has 0 aromatic carbocycles. The first kappa shape index (κ1) is 9.53. The number of alkyl halides is 1. The molecule has 0 saturated carbocycles. The summed E-state index contributed by atoms with van der Waals surface area (Å²) in [5.74, 6) is 2.42. The molecule has 2 atom stereocenters. The quantitative estimate of drug-likeness (QED) is 0.716. The first-order chi connectivity index (χ1) is 6.90. The van der Waals surface area contributed by atoms with Gasteiger partial charge in [-0.2, -0.15) is 0 Å². The maximum Gasteiger partial charge on any atom is 0.180 e. The number of nitrogens with zero attached hydrogens (tertiary/aromatic N) is 1. The Labute approximate surface area is 88.3 Å². The Morgan fingerprint density at radius 3 is 2.71 bits per heavy atom. The third-order valence-corrected chi connectivity index (χ3v) is 2.83. The zero-order valence-corrected chi connectivity index (χ0v) is 8.52. The highest BCUT2D eigenvalue weighted by atomic mass is 35.5. The van der Waals surface area contributed by atoms with E-state index in [1.807, 2.05) is 6.08 Å². The molecule has 74 valence electrons. The summed E-state index contributed by atoms with van der Waals surface area (Å²) >= 11 is 5.88. The van der Waals surface area contributed by atoms with Gasteiger partial charge >= 0.3 is 0 Å². The van der Waals surface area contributed by atoms with Gasteiger partial charge in [-0.25, -0.2) is 4.98 Å². The van der Waals surface area contributed by atoms with E-state index >= 15 is 0 Å². The SMILES string of the molecule is ClCC1C=CC=CC1Cc1cnco1. The van der Waals surface area contributed by atoms with Gasteiger partial charge in [0.05, 0.1) is 6.20 Å². The molecular formula is C11H12ClNO. The van der Waals surface area contributed by atoms with Crippen LogP contribution in [0.15, 0.2) is 41.3 Å². The van der Waals surface area contributed by atoms with Crippen LogP contribution in [-0.2, 0) is 6.42 Å². The maximum atomic E-state index is 5.88. The fourth-order valence-corrected chi connectivity index (χ4v) is 1.99. The number of aromatic nitrogens is 1. The van der Waals surface area contributed by atoms with Crippen molar-refractivity contribution in [3.05, 3.63) is 42.7 Å². The fourth-order valence-electron chi connectivity index (χ4n) is 1.66. The Morgan fingerprint density at radius 2 is 2.07 bits per heavy atom. The highest BCUT2D eigenvalue weighted by Gasteiger charge is 2.19. The van der Waals surface area contributed by atoms with Gasteiger partial charge in [0, 0.05) is 12.3 Å². The van der Waals surface area contributed by atoms with E-state index in [2.05, 4.69) is 23.2 Å². The largest absolute Gasteiger partial charge is 0.449 e. The molecule has 1 aliphatic carbocycles. The Kier molecular flexibility index (Phi) is 3.04. The van der Waals surface area contributed by atoms with E-state index in [1.54, 1.807) is 6.20 Å². The van der Waals surface area contributed by atoms with Crippen molar-refractivity contribution in [2.75, 3.05) is 5.88 Å². The molecule has 0 fully saturated rings. The van der Waals surface area contributed by atoms with Gasteiger partial charge in [-0.05, 0) is 11.8 Å². The van der Waals surface area contributed by atoms with Crippen LogP contribution in [-0.4, -0.2) is 10.9 Å². The Balaban J connectivity index is 2.03. The average Bonchev–Trinajstić information content (AvgIpc) is 2.71. The Morgan fingerprint density at radius 1 is 1.29 bits per heavy atom. The van der Waals surface area contributed by atoms with Crippen LogP contribution in [0.2, 0.25) is 0 Å². The number of allylic oxidation sites excluding steroid dienone is 4. The Hall–Kier alpha value is -1.02. The summed E-state index contributed by atoms with van der Waals surface area (Å²) in [7, 11) is 0. The van der Waals surface area contributed by atoms with Crippen molar-refractivity contribution in [1.82, 2.24) is 4.98 Å². The van der Waals surface area contributed by atoms with Gasteiger partial charge in [0.1, 0.15) is 5.76 Å². The van der Waals surface area contributed by atoms with Crippen molar-refractivity contribution in [3.63, 3.8) is 0 Å². The lowest BCUT2D eigenvalue weighted by molar-refractivity contribution is 0.432. The average molecular weight is 210 g/mol. The van der Waals surface area contributed by atoms with Crippen molar-refractivity contribution in [2.45, 2.75) is 6.42 Å². The van der Waals surface area contributed by atoms with E-state index in [0.717, 1.165) is 12.2 Å². The minimum atomic E-state index is 0.409. The normalized spacial score (nSPS) is 25.5. The van der Waals surface area contributed by atoms with Crippen LogP contribution in [0, 0.1) is 11.8 Å². The topological polar surface area (TPSA) is 26.0 Å². The number of halogens is 1. The van der Waals surface area contributed by atoms with E-state index in [4.69, 9.17) is 16.0 Å². The second-order valence-electron chi connectivity index (χ2n) is 3.42. The molecule has 2 unspecified atom stereocenters. The summed E-state index contributed by atoms with van der Waals surface area (Å²) < 4.78 is 5.22. The third kappa shape index (κ3) is 2.07. The first-order valence-corrected chi connectivity index (χ1v) is 5.22. The van der Waals surface area contributed by atoms with Gasteiger partial charge in [-0.15, -0.1) is 11.6 Å².